The maximum Gasteiger partial charge on any atom is 0.295 e. The predicted octanol–water partition coefficient (Wildman–Crippen LogP) is 2.97. The fraction of sp³-hybridized carbons (Fsp3) is 0.438. The van der Waals surface area contributed by atoms with Crippen LogP contribution in [0.15, 0.2) is 28.7 Å². The molecule has 0 saturated carbocycles. The van der Waals surface area contributed by atoms with Crippen LogP contribution in [0.2, 0.25) is 0 Å². The molecular formula is C16H19N5O. The number of nitrogens with zero attached hydrogens (tertiary/aromatic N) is 4. The zero-order chi connectivity index (χ0) is 15.1. The molecule has 0 spiro atoms. The second kappa shape index (κ2) is 5.12. The molecule has 0 aliphatic carbocycles. The first-order valence-corrected chi connectivity index (χ1v) is 7.75. The zero-order valence-corrected chi connectivity index (χ0v) is 12.8. The molecular weight excluding hydrogens is 278 g/mol. The van der Waals surface area contributed by atoms with Gasteiger partial charge in [0.25, 0.3) is 6.01 Å². The second-order valence-corrected chi connectivity index (χ2v) is 6.09. The van der Waals surface area contributed by atoms with Gasteiger partial charge in [0, 0.05) is 12.3 Å². The molecule has 22 heavy (non-hydrogen) atoms. The normalized spacial score (nSPS) is 17.9. The van der Waals surface area contributed by atoms with Crippen LogP contribution in [0.5, 0.6) is 0 Å². The third-order valence-corrected chi connectivity index (χ3v) is 4.01. The summed E-state index contributed by atoms with van der Waals surface area (Å²) in [6, 6.07) is 8.65. The summed E-state index contributed by atoms with van der Waals surface area (Å²) in [7, 11) is 0. The molecule has 1 aliphatic rings. The molecule has 3 heterocycles. The Bertz CT molecular complexity index is 771. The van der Waals surface area contributed by atoms with Gasteiger partial charge in [0.2, 0.25) is 0 Å². The molecule has 2 aromatic heterocycles. The molecule has 114 valence electrons. The number of rotatable bonds is 3. The number of benzene rings is 1. The van der Waals surface area contributed by atoms with Crippen molar-refractivity contribution in [2.75, 3.05) is 5.32 Å². The molecule has 0 saturated heterocycles. The van der Waals surface area contributed by atoms with Crippen LogP contribution in [0.3, 0.4) is 0 Å². The minimum Gasteiger partial charge on any atom is -0.424 e. The number of para-hydroxylation sites is 2. The zero-order valence-electron chi connectivity index (χ0n) is 12.8. The Hall–Kier alpha value is -2.37. The summed E-state index contributed by atoms with van der Waals surface area (Å²) >= 11 is 0. The molecule has 0 radical (unpaired) electrons. The van der Waals surface area contributed by atoms with Crippen molar-refractivity contribution in [3.63, 3.8) is 0 Å². The van der Waals surface area contributed by atoms with E-state index in [2.05, 4.69) is 34.2 Å². The van der Waals surface area contributed by atoms with E-state index in [0.29, 0.717) is 11.9 Å². The number of oxazole rings is 1. The Morgan fingerprint density at radius 1 is 1.27 bits per heavy atom. The van der Waals surface area contributed by atoms with E-state index in [4.69, 9.17) is 4.42 Å². The van der Waals surface area contributed by atoms with Crippen LogP contribution in [0, 0.1) is 0 Å². The number of fused-ring (bicyclic) bond motifs is 2. The average Bonchev–Trinajstić information content (AvgIpc) is 3.09. The van der Waals surface area contributed by atoms with Crippen LogP contribution in [-0.4, -0.2) is 25.8 Å². The van der Waals surface area contributed by atoms with Crippen LogP contribution in [0.25, 0.3) is 11.1 Å². The van der Waals surface area contributed by atoms with E-state index in [1.165, 1.54) is 0 Å². The van der Waals surface area contributed by atoms with Gasteiger partial charge >= 0.3 is 0 Å². The molecule has 0 amide bonds. The third kappa shape index (κ3) is 2.34. The quantitative estimate of drug-likeness (QED) is 0.805. The summed E-state index contributed by atoms with van der Waals surface area (Å²) in [5.41, 5.74) is 1.69. The fourth-order valence-electron chi connectivity index (χ4n) is 2.80. The van der Waals surface area contributed by atoms with Gasteiger partial charge in [-0.25, -0.2) is 9.67 Å². The molecule has 4 rings (SSSR count). The first-order chi connectivity index (χ1) is 10.7. The molecule has 3 aromatic rings. The lowest BCUT2D eigenvalue weighted by Gasteiger charge is -2.22. The van der Waals surface area contributed by atoms with E-state index in [1.807, 2.05) is 28.9 Å². The van der Waals surface area contributed by atoms with Crippen molar-refractivity contribution in [1.82, 2.24) is 19.7 Å². The highest BCUT2D eigenvalue weighted by atomic mass is 16.4. The maximum atomic E-state index is 5.73. The van der Waals surface area contributed by atoms with Crippen LogP contribution in [0.1, 0.15) is 37.8 Å². The van der Waals surface area contributed by atoms with Crippen molar-refractivity contribution in [2.24, 2.45) is 0 Å². The average molecular weight is 297 g/mol. The third-order valence-electron chi connectivity index (χ3n) is 4.01. The lowest BCUT2D eigenvalue weighted by molar-refractivity contribution is 0.430. The Morgan fingerprint density at radius 2 is 2.14 bits per heavy atom. The molecule has 1 aromatic carbocycles. The lowest BCUT2D eigenvalue weighted by atomic mass is 10.1. The van der Waals surface area contributed by atoms with Gasteiger partial charge in [-0.3, -0.25) is 0 Å². The molecule has 0 fully saturated rings. The van der Waals surface area contributed by atoms with Crippen molar-refractivity contribution in [2.45, 2.75) is 45.2 Å². The molecule has 1 atom stereocenters. The number of anilines is 1. The minimum absolute atomic E-state index is 0.266. The second-order valence-electron chi connectivity index (χ2n) is 6.09. The standard InChI is InChI=1S/C16H19N5O/c1-10(2)15-19-14-8-7-11(9-21(14)20-15)17-16-18-12-5-3-4-6-13(12)22-16/h3-6,10-11H,7-9H2,1-2H3,(H,17,18)/t11-/m1/s1. The molecule has 0 bridgehead atoms. The number of aryl methyl sites for hydroxylation is 1. The summed E-state index contributed by atoms with van der Waals surface area (Å²) in [6.07, 6.45) is 1.94. The van der Waals surface area contributed by atoms with Crippen LogP contribution in [0.4, 0.5) is 6.01 Å². The van der Waals surface area contributed by atoms with E-state index in [1.54, 1.807) is 0 Å². The first-order valence-electron chi connectivity index (χ1n) is 7.75. The summed E-state index contributed by atoms with van der Waals surface area (Å²) in [6.45, 7) is 5.04. The predicted molar refractivity (Wildman–Crippen MR) is 83.9 cm³/mol. The van der Waals surface area contributed by atoms with Gasteiger partial charge in [-0.05, 0) is 18.6 Å². The monoisotopic (exact) mass is 297 g/mol. The van der Waals surface area contributed by atoms with Gasteiger partial charge in [-0.1, -0.05) is 26.0 Å². The van der Waals surface area contributed by atoms with Crippen molar-refractivity contribution in [3.8, 4) is 0 Å². The minimum atomic E-state index is 0.266. The molecule has 6 nitrogen and oxygen atoms in total. The van der Waals surface area contributed by atoms with Crippen LogP contribution in [-0.2, 0) is 13.0 Å². The summed E-state index contributed by atoms with van der Waals surface area (Å²) in [5.74, 6) is 2.37. The Balaban J connectivity index is 1.52. The molecule has 1 aliphatic heterocycles. The van der Waals surface area contributed by atoms with Crippen LogP contribution < -0.4 is 5.32 Å². The highest BCUT2D eigenvalue weighted by Crippen LogP contribution is 2.22. The molecule has 6 heteroatoms. The van der Waals surface area contributed by atoms with E-state index in [0.717, 1.165) is 42.1 Å². The lowest BCUT2D eigenvalue weighted by Crippen LogP contribution is -2.32. The number of aromatic nitrogens is 4. The highest BCUT2D eigenvalue weighted by Gasteiger charge is 2.23. The number of hydrogen-bond acceptors (Lipinski definition) is 5. The van der Waals surface area contributed by atoms with Gasteiger partial charge in [-0.2, -0.15) is 10.1 Å². The van der Waals surface area contributed by atoms with Gasteiger partial charge in [-0.15, -0.1) is 0 Å². The van der Waals surface area contributed by atoms with E-state index >= 15 is 0 Å². The van der Waals surface area contributed by atoms with E-state index in [-0.39, 0.29) is 6.04 Å². The summed E-state index contributed by atoms with van der Waals surface area (Å²) in [4.78, 5) is 9.08. The number of nitrogens with one attached hydrogen (secondary N) is 1. The van der Waals surface area contributed by atoms with Crippen molar-refractivity contribution >= 4 is 17.1 Å². The van der Waals surface area contributed by atoms with Gasteiger partial charge in [0.15, 0.2) is 11.4 Å². The van der Waals surface area contributed by atoms with Gasteiger partial charge < -0.3 is 9.73 Å². The molecule has 0 unspecified atom stereocenters. The summed E-state index contributed by atoms with van der Waals surface area (Å²) < 4.78 is 7.75. The fourth-order valence-corrected chi connectivity index (χ4v) is 2.80. The maximum absolute atomic E-state index is 5.73. The smallest absolute Gasteiger partial charge is 0.295 e. The van der Waals surface area contributed by atoms with Gasteiger partial charge in [0.05, 0.1) is 12.6 Å². The van der Waals surface area contributed by atoms with Crippen molar-refractivity contribution in [3.05, 3.63) is 35.9 Å². The topological polar surface area (TPSA) is 68.8 Å². The molecule has 1 N–H and O–H groups in total. The first kappa shape index (κ1) is 13.3. The summed E-state index contributed by atoms with van der Waals surface area (Å²) in [5, 5.41) is 7.98. The van der Waals surface area contributed by atoms with Crippen molar-refractivity contribution in [1.29, 1.82) is 0 Å². The number of hydrogen-bond donors (Lipinski definition) is 1. The largest absolute Gasteiger partial charge is 0.424 e. The SMILES string of the molecule is CC(C)c1nc2n(n1)C[C@H](Nc1nc3ccccc3o1)CC2. The Kier molecular flexibility index (Phi) is 3.10. The van der Waals surface area contributed by atoms with E-state index in [9.17, 15) is 0 Å². The van der Waals surface area contributed by atoms with Crippen LogP contribution >= 0.6 is 0 Å². The van der Waals surface area contributed by atoms with E-state index < -0.39 is 0 Å². The Morgan fingerprint density at radius 3 is 2.95 bits per heavy atom. The Labute approximate surface area is 128 Å². The highest BCUT2D eigenvalue weighted by molar-refractivity contribution is 5.74. The van der Waals surface area contributed by atoms with Gasteiger partial charge in [0.1, 0.15) is 11.3 Å². The van der Waals surface area contributed by atoms with Crippen molar-refractivity contribution < 1.29 is 4.42 Å².